The second-order valence-corrected chi connectivity index (χ2v) is 7.75. The van der Waals surface area contributed by atoms with Gasteiger partial charge in [-0.3, -0.25) is 4.79 Å². The lowest BCUT2D eigenvalue weighted by atomic mass is 10.1. The number of hydrogen-bond acceptors (Lipinski definition) is 4. The van der Waals surface area contributed by atoms with E-state index in [9.17, 15) is 9.90 Å². The summed E-state index contributed by atoms with van der Waals surface area (Å²) in [6.07, 6.45) is 3.34. The summed E-state index contributed by atoms with van der Waals surface area (Å²) in [4.78, 5) is 18.8. The van der Waals surface area contributed by atoms with Crippen molar-refractivity contribution in [2.75, 3.05) is 13.1 Å². The Balaban J connectivity index is 1.86. The van der Waals surface area contributed by atoms with Gasteiger partial charge in [-0.2, -0.15) is 0 Å². The molecule has 1 saturated heterocycles. The lowest BCUT2D eigenvalue weighted by molar-refractivity contribution is 0.0724. The first-order valence-corrected chi connectivity index (χ1v) is 9.46. The van der Waals surface area contributed by atoms with E-state index < -0.39 is 0 Å². The van der Waals surface area contributed by atoms with Gasteiger partial charge in [-0.25, -0.2) is 4.98 Å². The summed E-state index contributed by atoms with van der Waals surface area (Å²) >= 11 is 7.99. The van der Waals surface area contributed by atoms with Crippen molar-refractivity contribution in [3.8, 4) is 17.0 Å². The fourth-order valence-corrected chi connectivity index (χ4v) is 4.43. The van der Waals surface area contributed by atoms with Gasteiger partial charge < -0.3 is 10.0 Å². The second-order valence-electron chi connectivity index (χ2n) is 5.18. The Morgan fingerprint density at radius 3 is 2.45 bits per heavy atom. The van der Waals surface area contributed by atoms with Gasteiger partial charge in [0.2, 0.25) is 0 Å². The van der Waals surface area contributed by atoms with Crippen LogP contribution in [0.4, 0.5) is 0 Å². The number of benzene rings is 1. The maximum Gasteiger partial charge on any atom is 0.282 e. The van der Waals surface area contributed by atoms with Crippen LogP contribution in [0.25, 0.3) is 11.3 Å². The van der Waals surface area contributed by atoms with Crippen molar-refractivity contribution in [3.63, 3.8) is 0 Å². The van der Waals surface area contributed by atoms with E-state index in [-0.39, 0.29) is 11.7 Å². The average Bonchev–Trinajstić information content (AvgIpc) is 3.02. The van der Waals surface area contributed by atoms with Crippen LogP contribution in [0, 0.1) is 0 Å². The standard InChI is InChI=1S/C15H14Br2N2O2S/c16-10-6-9(7-11(17)13(10)20)12-8-22-14(18-12)15(21)19-4-2-1-3-5-19/h6-8,20H,1-5H2. The number of rotatable bonds is 2. The number of phenols is 1. The molecule has 0 atom stereocenters. The molecule has 1 aromatic carbocycles. The molecule has 0 saturated carbocycles. The zero-order chi connectivity index (χ0) is 15.7. The second kappa shape index (κ2) is 6.68. The molecule has 3 rings (SSSR count). The molecule has 2 heterocycles. The average molecular weight is 446 g/mol. The van der Waals surface area contributed by atoms with Crippen LogP contribution in [0.5, 0.6) is 5.75 Å². The van der Waals surface area contributed by atoms with Crippen molar-refractivity contribution in [1.29, 1.82) is 0 Å². The molecule has 1 N–H and O–H groups in total. The monoisotopic (exact) mass is 444 g/mol. The van der Waals surface area contributed by atoms with Crippen LogP contribution in [-0.2, 0) is 0 Å². The van der Waals surface area contributed by atoms with E-state index in [4.69, 9.17) is 0 Å². The Labute approximate surface area is 149 Å². The quantitative estimate of drug-likeness (QED) is 0.730. The van der Waals surface area contributed by atoms with E-state index in [0.717, 1.165) is 37.2 Å². The summed E-state index contributed by atoms with van der Waals surface area (Å²) in [5, 5.41) is 12.2. The molecule has 0 bridgehead atoms. The highest BCUT2D eigenvalue weighted by molar-refractivity contribution is 9.11. The summed E-state index contributed by atoms with van der Waals surface area (Å²) in [5.74, 6) is 0.177. The van der Waals surface area contributed by atoms with Crippen molar-refractivity contribution in [2.45, 2.75) is 19.3 Å². The van der Waals surface area contributed by atoms with Crippen molar-refractivity contribution in [2.24, 2.45) is 0 Å². The summed E-state index contributed by atoms with van der Waals surface area (Å²) in [6, 6.07) is 3.59. The van der Waals surface area contributed by atoms with Crippen LogP contribution in [-0.4, -0.2) is 34.0 Å². The molecule has 0 unspecified atom stereocenters. The predicted molar refractivity (Wildman–Crippen MR) is 94.4 cm³/mol. The molecule has 2 aromatic rings. The molecule has 0 radical (unpaired) electrons. The Bertz CT molecular complexity index is 688. The number of aromatic nitrogens is 1. The van der Waals surface area contributed by atoms with Crippen molar-refractivity contribution in [3.05, 3.63) is 31.5 Å². The Morgan fingerprint density at radius 1 is 1.18 bits per heavy atom. The van der Waals surface area contributed by atoms with Crippen LogP contribution in [0.3, 0.4) is 0 Å². The van der Waals surface area contributed by atoms with E-state index in [0.29, 0.717) is 14.0 Å². The highest BCUT2D eigenvalue weighted by Crippen LogP contribution is 2.37. The third-order valence-electron chi connectivity index (χ3n) is 3.64. The molecule has 0 spiro atoms. The van der Waals surface area contributed by atoms with Crippen LogP contribution in [0.15, 0.2) is 26.5 Å². The summed E-state index contributed by atoms with van der Waals surface area (Å²) in [7, 11) is 0. The minimum atomic E-state index is 0.0212. The Hall–Kier alpha value is -0.920. The number of halogens is 2. The maximum absolute atomic E-state index is 12.4. The highest BCUT2D eigenvalue weighted by Gasteiger charge is 2.21. The lowest BCUT2D eigenvalue weighted by Crippen LogP contribution is -2.35. The molecule has 1 amide bonds. The predicted octanol–water partition coefficient (Wildman–Crippen LogP) is 4.67. The molecule has 7 heteroatoms. The van der Waals surface area contributed by atoms with Crippen LogP contribution >= 0.6 is 43.2 Å². The number of nitrogens with zero attached hydrogens (tertiary/aromatic N) is 2. The summed E-state index contributed by atoms with van der Waals surface area (Å²) < 4.78 is 1.18. The van der Waals surface area contributed by atoms with Gasteiger partial charge in [0.05, 0.1) is 14.6 Å². The minimum absolute atomic E-state index is 0.0212. The largest absolute Gasteiger partial charge is 0.506 e. The van der Waals surface area contributed by atoms with Crippen molar-refractivity contribution in [1.82, 2.24) is 9.88 Å². The first-order chi connectivity index (χ1) is 10.6. The van der Waals surface area contributed by atoms with Crippen molar-refractivity contribution >= 4 is 49.1 Å². The fraction of sp³-hybridized carbons (Fsp3) is 0.333. The van der Waals surface area contributed by atoms with E-state index >= 15 is 0 Å². The van der Waals surface area contributed by atoms with E-state index in [1.165, 1.54) is 17.8 Å². The van der Waals surface area contributed by atoms with Gasteiger partial charge in [-0.15, -0.1) is 11.3 Å². The molecule has 1 aliphatic heterocycles. The molecule has 4 nitrogen and oxygen atoms in total. The topological polar surface area (TPSA) is 53.4 Å². The smallest absolute Gasteiger partial charge is 0.282 e. The third-order valence-corrected chi connectivity index (χ3v) is 5.68. The molecule has 22 heavy (non-hydrogen) atoms. The molecular weight excluding hydrogens is 432 g/mol. The summed E-state index contributed by atoms with van der Waals surface area (Å²) in [5.41, 5.74) is 1.59. The Kier molecular flexibility index (Phi) is 4.84. The van der Waals surface area contributed by atoms with Gasteiger partial charge >= 0.3 is 0 Å². The first kappa shape index (κ1) is 16.0. The van der Waals surface area contributed by atoms with Crippen LogP contribution in [0.2, 0.25) is 0 Å². The SMILES string of the molecule is O=C(c1nc(-c2cc(Br)c(O)c(Br)c2)cs1)N1CCCCC1. The van der Waals surface area contributed by atoms with Gasteiger partial charge in [-0.1, -0.05) is 0 Å². The fourth-order valence-electron chi connectivity index (χ4n) is 2.45. The zero-order valence-electron chi connectivity index (χ0n) is 11.7. The number of piperidine rings is 1. The number of carbonyl (C=O) groups is 1. The maximum atomic E-state index is 12.4. The number of carbonyl (C=O) groups excluding carboxylic acids is 1. The third kappa shape index (κ3) is 3.21. The lowest BCUT2D eigenvalue weighted by Gasteiger charge is -2.25. The van der Waals surface area contributed by atoms with Crippen LogP contribution in [0.1, 0.15) is 29.1 Å². The number of likely N-dealkylation sites (tertiary alicyclic amines) is 1. The number of amides is 1. The number of hydrogen-bond donors (Lipinski definition) is 1. The van der Waals surface area contributed by atoms with E-state index in [2.05, 4.69) is 36.8 Å². The number of phenolic OH excluding ortho intramolecular Hbond substituents is 1. The molecule has 0 aliphatic carbocycles. The van der Waals surface area contributed by atoms with E-state index in [1.54, 1.807) is 12.1 Å². The normalized spacial score (nSPS) is 15.1. The van der Waals surface area contributed by atoms with Gasteiger partial charge in [0.25, 0.3) is 5.91 Å². The van der Waals surface area contributed by atoms with Crippen LogP contribution < -0.4 is 0 Å². The van der Waals surface area contributed by atoms with Crippen molar-refractivity contribution < 1.29 is 9.90 Å². The number of thiazole rings is 1. The first-order valence-electron chi connectivity index (χ1n) is 6.99. The highest BCUT2D eigenvalue weighted by atomic mass is 79.9. The minimum Gasteiger partial charge on any atom is -0.506 e. The summed E-state index contributed by atoms with van der Waals surface area (Å²) in [6.45, 7) is 1.65. The molecular formula is C15H14Br2N2O2S. The van der Waals surface area contributed by atoms with Gasteiger partial charge in [0.15, 0.2) is 5.01 Å². The molecule has 1 aromatic heterocycles. The Morgan fingerprint density at radius 2 is 1.82 bits per heavy atom. The molecule has 1 fully saturated rings. The molecule has 1 aliphatic rings. The van der Waals surface area contributed by atoms with Gasteiger partial charge in [0.1, 0.15) is 5.75 Å². The molecule has 116 valence electrons. The zero-order valence-corrected chi connectivity index (χ0v) is 15.7. The van der Waals surface area contributed by atoms with Gasteiger partial charge in [0, 0.05) is 24.0 Å². The van der Waals surface area contributed by atoms with Gasteiger partial charge in [-0.05, 0) is 63.3 Å². The number of aromatic hydroxyl groups is 1. The van der Waals surface area contributed by atoms with E-state index in [1.807, 2.05) is 10.3 Å².